The van der Waals surface area contributed by atoms with Gasteiger partial charge in [-0.15, -0.1) is 0 Å². The number of hydrogen-bond acceptors (Lipinski definition) is 4. The van der Waals surface area contributed by atoms with Gasteiger partial charge in [-0.05, 0) is 45.2 Å². The van der Waals surface area contributed by atoms with E-state index < -0.39 is 0 Å². The topological polar surface area (TPSA) is 57.0 Å². The highest BCUT2D eigenvalue weighted by molar-refractivity contribution is 5.95. The number of hydrogen-bond donors (Lipinski definition) is 0. The largest absolute Gasteiger partial charge is 0.459 e. The van der Waals surface area contributed by atoms with Crippen LogP contribution < -0.4 is 0 Å². The van der Waals surface area contributed by atoms with Crippen molar-refractivity contribution in [3.8, 4) is 0 Å². The first kappa shape index (κ1) is 17.0. The van der Waals surface area contributed by atoms with Gasteiger partial charge in [-0.25, -0.2) is 0 Å². The highest BCUT2D eigenvalue weighted by atomic mass is 16.3. The zero-order chi connectivity index (χ0) is 17.1. The molecule has 2 aliphatic heterocycles. The summed E-state index contributed by atoms with van der Waals surface area (Å²) in [7, 11) is 0. The maximum absolute atomic E-state index is 13.0. The Kier molecular flexibility index (Phi) is 5.23. The third kappa shape index (κ3) is 3.48. The Hall–Kier alpha value is -1.82. The fourth-order valence-electron chi connectivity index (χ4n) is 3.64. The van der Waals surface area contributed by atoms with Gasteiger partial charge in [0.15, 0.2) is 5.76 Å². The predicted octanol–water partition coefficient (Wildman–Crippen LogP) is 1.83. The lowest BCUT2D eigenvalue weighted by Crippen LogP contribution is -2.57. The number of rotatable bonds is 3. The molecule has 0 aromatic carbocycles. The van der Waals surface area contributed by atoms with Crippen LogP contribution in [-0.4, -0.2) is 71.3 Å². The van der Waals surface area contributed by atoms with Crippen LogP contribution in [0.25, 0.3) is 0 Å². The van der Waals surface area contributed by atoms with Gasteiger partial charge in [0.2, 0.25) is 5.91 Å². The standard InChI is InChI=1S/C18H27N3O3/c1-14(2)19-9-11-20(12-10-19)17(22)15-6-3-4-8-21(15)18(23)16-7-5-13-24-16/h5,7,13-15H,3-4,6,8-12H2,1-2H3. The summed E-state index contributed by atoms with van der Waals surface area (Å²) in [5.41, 5.74) is 0. The second-order valence-corrected chi connectivity index (χ2v) is 6.94. The Bertz CT molecular complexity index is 562. The second-order valence-electron chi connectivity index (χ2n) is 6.94. The zero-order valence-corrected chi connectivity index (χ0v) is 14.6. The maximum atomic E-state index is 13.0. The van der Waals surface area contributed by atoms with Crippen LogP contribution in [0.3, 0.4) is 0 Å². The molecule has 24 heavy (non-hydrogen) atoms. The number of nitrogens with zero attached hydrogens (tertiary/aromatic N) is 3. The first-order valence-corrected chi connectivity index (χ1v) is 8.95. The third-order valence-electron chi connectivity index (χ3n) is 5.14. The van der Waals surface area contributed by atoms with Crippen LogP contribution in [0, 0.1) is 0 Å². The van der Waals surface area contributed by atoms with Crippen molar-refractivity contribution in [2.75, 3.05) is 32.7 Å². The number of likely N-dealkylation sites (tertiary alicyclic amines) is 1. The van der Waals surface area contributed by atoms with Crippen LogP contribution >= 0.6 is 0 Å². The highest BCUT2D eigenvalue weighted by Gasteiger charge is 2.36. The van der Waals surface area contributed by atoms with Crippen molar-refractivity contribution >= 4 is 11.8 Å². The van der Waals surface area contributed by atoms with Crippen molar-refractivity contribution in [3.63, 3.8) is 0 Å². The molecule has 2 aliphatic rings. The Morgan fingerprint density at radius 2 is 1.88 bits per heavy atom. The van der Waals surface area contributed by atoms with Crippen molar-refractivity contribution in [2.24, 2.45) is 0 Å². The van der Waals surface area contributed by atoms with Crippen molar-refractivity contribution in [2.45, 2.75) is 45.2 Å². The molecule has 2 fully saturated rings. The molecule has 6 nitrogen and oxygen atoms in total. The van der Waals surface area contributed by atoms with E-state index in [9.17, 15) is 9.59 Å². The molecule has 0 N–H and O–H groups in total. The van der Waals surface area contributed by atoms with E-state index in [0.29, 0.717) is 18.3 Å². The predicted molar refractivity (Wildman–Crippen MR) is 90.7 cm³/mol. The minimum atomic E-state index is -0.345. The quantitative estimate of drug-likeness (QED) is 0.847. The number of carbonyl (C=O) groups excluding carboxylic acids is 2. The van der Waals surface area contributed by atoms with E-state index in [4.69, 9.17) is 4.42 Å². The Morgan fingerprint density at radius 3 is 2.50 bits per heavy atom. The molecule has 0 saturated carbocycles. The van der Waals surface area contributed by atoms with Gasteiger partial charge in [0, 0.05) is 38.8 Å². The molecule has 132 valence electrons. The summed E-state index contributed by atoms with van der Waals surface area (Å²) in [5, 5.41) is 0. The van der Waals surface area contributed by atoms with Gasteiger partial charge in [0.25, 0.3) is 5.91 Å². The lowest BCUT2D eigenvalue weighted by atomic mass is 10.00. The summed E-state index contributed by atoms with van der Waals surface area (Å²) in [6.07, 6.45) is 4.18. The van der Waals surface area contributed by atoms with Crippen LogP contribution in [-0.2, 0) is 4.79 Å². The smallest absolute Gasteiger partial charge is 0.290 e. The molecule has 1 aromatic rings. The lowest BCUT2D eigenvalue weighted by molar-refractivity contribution is -0.139. The molecule has 1 aromatic heterocycles. The van der Waals surface area contributed by atoms with Crippen molar-refractivity contribution in [1.82, 2.24) is 14.7 Å². The first-order valence-electron chi connectivity index (χ1n) is 8.95. The molecular weight excluding hydrogens is 306 g/mol. The van der Waals surface area contributed by atoms with Gasteiger partial charge in [-0.3, -0.25) is 14.5 Å². The number of piperidine rings is 1. The van der Waals surface area contributed by atoms with E-state index >= 15 is 0 Å². The molecule has 0 aliphatic carbocycles. The number of carbonyl (C=O) groups is 2. The molecule has 3 heterocycles. The fourth-order valence-corrected chi connectivity index (χ4v) is 3.64. The summed E-state index contributed by atoms with van der Waals surface area (Å²) < 4.78 is 5.24. The summed E-state index contributed by atoms with van der Waals surface area (Å²) >= 11 is 0. The molecule has 3 rings (SSSR count). The number of furan rings is 1. The first-order chi connectivity index (χ1) is 11.6. The molecule has 2 saturated heterocycles. The van der Waals surface area contributed by atoms with Crippen molar-refractivity contribution < 1.29 is 14.0 Å². The molecule has 0 spiro atoms. The van der Waals surface area contributed by atoms with Crippen molar-refractivity contribution in [1.29, 1.82) is 0 Å². The number of piperazine rings is 1. The molecule has 6 heteroatoms. The van der Waals surface area contributed by atoms with E-state index in [1.54, 1.807) is 17.0 Å². The second kappa shape index (κ2) is 7.38. The van der Waals surface area contributed by atoms with E-state index in [2.05, 4.69) is 18.7 Å². The molecule has 2 amide bonds. The van der Waals surface area contributed by atoms with Gasteiger partial charge in [-0.2, -0.15) is 0 Å². The van der Waals surface area contributed by atoms with E-state index in [1.807, 2.05) is 4.90 Å². The Labute approximate surface area is 143 Å². The van der Waals surface area contributed by atoms with Gasteiger partial charge < -0.3 is 14.2 Å². The Morgan fingerprint density at radius 1 is 1.12 bits per heavy atom. The van der Waals surface area contributed by atoms with E-state index in [1.165, 1.54) is 6.26 Å². The third-order valence-corrected chi connectivity index (χ3v) is 5.14. The molecule has 1 unspecified atom stereocenters. The van der Waals surface area contributed by atoms with Gasteiger partial charge in [-0.1, -0.05) is 0 Å². The van der Waals surface area contributed by atoms with Gasteiger partial charge in [0.1, 0.15) is 6.04 Å². The SMILES string of the molecule is CC(C)N1CCN(C(=O)C2CCCCN2C(=O)c2ccco2)CC1. The zero-order valence-electron chi connectivity index (χ0n) is 14.6. The Balaban J connectivity index is 1.67. The molecule has 0 radical (unpaired) electrons. The highest BCUT2D eigenvalue weighted by Crippen LogP contribution is 2.22. The lowest BCUT2D eigenvalue weighted by Gasteiger charge is -2.41. The molecular formula is C18H27N3O3. The van der Waals surface area contributed by atoms with Crippen LogP contribution in [0.2, 0.25) is 0 Å². The fraction of sp³-hybridized carbons (Fsp3) is 0.667. The summed E-state index contributed by atoms with van der Waals surface area (Å²) in [6, 6.07) is 3.54. The van der Waals surface area contributed by atoms with Crippen molar-refractivity contribution in [3.05, 3.63) is 24.2 Å². The monoisotopic (exact) mass is 333 g/mol. The van der Waals surface area contributed by atoms with Crippen LogP contribution in [0.1, 0.15) is 43.7 Å². The average molecular weight is 333 g/mol. The van der Waals surface area contributed by atoms with Crippen LogP contribution in [0.15, 0.2) is 22.8 Å². The molecule has 0 bridgehead atoms. The summed E-state index contributed by atoms with van der Waals surface area (Å²) in [5.74, 6) is 0.246. The minimum absolute atomic E-state index is 0.0954. The van der Waals surface area contributed by atoms with E-state index in [-0.39, 0.29) is 17.9 Å². The minimum Gasteiger partial charge on any atom is -0.459 e. The maximum Gasteiger partial charge on any atom is 0.290 e. The normalized spacial score (nSPS) is 22.9. The number of amides is 2. The van der Waals surface area contributed by atoms with Gasteiger partial charge >= 0.3 is 0 Å². The summed E-state index contributed by atoms with van der Waals surface area (Å²) in [4.78, 5) is 31.7. The van der Waals surface area contributed by atoms with Crippen LogP contribution in [0.5, 0.6) is 0 Å². The summed E-state index contributed by atoms with van der Waals surface area (Å²) in [6.45, 7) is 8.30. The van der Waals surface area contributed by atoms with E-state index in [0.717, 1.165) is 45.4 Å². The average Bonchev–Trinajstić information content (AvgIpc) is 3.15. The molecule has 1 atom stereocenters. The van der Waals surface area contributed by atoms with Crippen LogP contribution in [0.4, 0.5) is 0 Å². The van der Waals surface area contributed by atoms with Gasteiger partial charge in [0.05, 0.1) is 6.26 Å².